The van der Waals surface area contributed by atoms with Crippen LogP contribution < -0.4 is 5.73 Å². The lowest BCUT2D eigenvalue weighted by molar-refractivity contribution is -0.140. The van der Waals surface area contributed by atoms with Gasteiger partial charge in [-0.25, -0.2) is 0 Å². The van der Waals surface area contributed by atoms with E-state index in [1.54, 1.807) is 6.92 Å². The number of nitrogen functional groups attached to an aromatic ring is 1. The molecule has 1 rings (SSSR count). The van der Waals surface area contributed by atoms with Gasteiger partial charge in [-0.15, -0.1) is 0 Å². The number of anilines is 1. The van der Waals surface area contributed by atoms with E-state index in [-0.39, 0.29) is 17.9 Å². The van der Waals surface area contributed by atoms with Gasteiger partial charge in [0.1, 0.15) is 12.2 Å². The Morgan fingerprint density at radius 1 is 1.45 bits per heavy atom. The van der Waals surface area contributed by atoms with Gasteiger partial charge in [0, 0.05) is 13.1 Å². The standard InChI is InChI=1S/C12H19F3N4O/c1-3-5-6-18(8-12(13,14)15)11(20)10-9(16)7-17-19(10)4-2/h7H,3-6,8,16H2,1-2H3. The summed E-state index contributed by atoms with van der Waals surface area (Å²) in [7, 11) is 0. The van der Waals surface area contributed by atoms with Gasteiger partial charge in [-0.2, -0.15) is 18.3 Å². The van der Waals surface area contributed by atoms with E-state index < -0.39 is 18.6 Å². The van der Waals surface area contributed by atoms with Crippen LogP contribution in [-0.4, -0.2) is 39.9 Å². The molecule has 0 radical (unpaired) electrons. The minimum atomic E-state index is -4.44. The summed E-state index contributed by atoms with van der Waals surface area (Å²) in [5, 5.41) is 3.88. The predicted molar refractivity (Wildman–Crippen MR) is 69.2 cm³/mol. The van der Waals surface area contributed by atoms with E-state index >= 15 is 0 Å². The summed E-state index contributed by atoms with van der Waals surface area (Å²) >= 11 is 0. The third-order valence-electron chi connectivity index (χ3n) is 2.81. The molecule has 0 saturated heterocycles. The number of halogens is 3. The number of rotatable bonds is 6. The van der Waals surface area contributed by atoms with Gasteiger partial charge in [0.15, 0.2) is 0 Å². The average Bonchev–Trinajstić information content (AvgIpc) is 2.73. The molecule has 1 amide bonds. The molecule has 0 aliphatic carbocycles. The second kappa shape index (κ2) is 6.62. The second-order valence-electron chi connectivity index (χ2n) is 4.46. The van der Waals surface area contributed by atoms with Gasteiger partial charge in [-0.1, -0.05) is 13.3 Å². The summed E-state index contributed by atoms with van der Waals surface area (Å²) in [4.78, 5) is 13.1. The Hall–Kier alpha value is -1.73. The number of alkyl halides is 3. The number of nitrogens with two attached hydrogens (primary N) is 1. The molecule has 0 fully saturated rings. The van der Waals surface area contributed by atoms with E-state index in [0.717, 1.165) is 4.90 Å². The maximum absolute atomic E-state index is 12.6. The molecule has 8 heteroatoms. The molecule has 0 aliphatic rings. The second-order valence-corrected chi connectivity index (χ2v) is 4.46. The number of hydrogen-bond acceptors (Lipinski definition) is 3. The van der Waals surface area contributed by atoms with Crippen LogP contribution in [0.25, 0.3) is 0 Å². The number of nitrogens with zero attached hydrogens (tertiary/aromatic N) is 3. The number of aromatic nitrogens is 2. The van der Waals surface area contributed by atoms with Crippen LogP contribution in [0.15, 0.2) is 6.20 Å². The molecule has 114 valence electrons. The lowest BCUT2D eigenvalue weighted by Crippen LogP contribution is -2.40. The first-order valence-corrected chi connectivity index (χ1v) is 6.47. The van der Waals surface area contributed by atoms with Gasteiger partial charge in [-0.3, -0.25) is 9.48 Å². The average molecular weight is 292 g/mol. The highest BCUT2D eigenvalue weighted by Gasteiger charge is 2.34. The highest BCUT2D eigenvalue weighted by molar-refractivity contribution is 5.97. The molecule has 1 heterocycles. The molecular weight excluding hydrogens is 273 g/mol. The zero-order chi connectivity index (χ0) is 15.3. The Bertz CT molecular complexity index is 456. The van der Waals surface area contributed by atoms with Crippen molar-refractivity contribution in [1.82, 2.24) is 14.7 Å². The van der Waals surface area contributed by atoms with Crippen LogP contribution in [0.5, 0.6) is 0 Å². The number of carbonyl (C=O) groups excluding carboxylic acids is 1. The van der Waals surface area contributed by atoms with Crippen molar-refractivity contribution in [3.05, 3.63) is 11.9 Å². The Kier molecular flexibility index (Phi) is 5.41. The molecule has 5 nitrogen and oxygen atoms in total. The van der Waals surface area contributed by atoms with Crippen molar-refractivity contribution < 1.29 is 18.0 Å². The van der Waals surface area contributed by atoms with Crippen LogP contribution in [0, 0.1) is 0 Å². The summed E-state index contributed by atoms with van der Waals surface area (Å²) in [5.41, 5.74) is 5.75. The molecule has 0 unspecified atom stereocenters. The van der Waals surface area contributed by atoms with Crippen molar-refractivity contribution in [2.45, 2.75) is 39.4 Å². The Morgan fingerprint density at radius 3 is 2.60 bits per heavy atom. The van der Waals surface area contributed by atoms with E-state index in [9.17, 15) is 18.0 Å². The summed E-state index contributed by atoms with van der Waals surface area (Å²) < 4.78 is 39.0. The van der Waals surface area contributed by atoms with E-state index in [2.05, 4.69) is 5.10 Å². The minimum Gasteiger partial charge on any atom is -0.396 e. The quantitative estimate of drug-likeness (QED) is 0.875. The fourth-order valence-electron chi connectivity index (χ4n) is 1.84. The van der Waals surface area contributed by atoms with Crippen LogP contribution in [0.4, 0.5) is 18.9 Å². The van der Waals surface area contributed by atoms with Crippen LogP contribution >= 0.6 is 0 Å². The van der Waals surface area contributed by atoms with Crippen LogP contribution in [0.1, 0.15) is 37.2 Å². The van der Waals surface area contributed by atoms with E-state index in [1.165, 1.54) is 10.9 Å². The summed E-state index contributed by atoms with van der Waals surface area (Å²) in [6.45, 7) is 2.72. The zero-order valence-electron chi connectivity index (χ0n) is 11.6. The number of hydrogen-bond donors (Lipinski definition) is 1. The van der Waals surface area contributed by atoms with Crippen LogP contribution in [0.2, 0.25) is 0 Å². The van der Waals surface area contributed by atoms with Gasteiger partial charge < -0.3 is 10.6 Å². The molecule has 1 aromatic rings. The van der Waals surface area contributed by atoms with Gasteiger partial charge >= 0.3 is 6.18 Å². The van der Waals surface area contributed by atoms with Gasteiger partial charge in [0.2, 0.25) is 0 Å². The normalized spacial score (nSPS) is 11.7. The summed E-state index contributed by atoms with van der Waals surface area (Å²) in [5.74, 6) is -0.729. The Morgan fingerprint density at radius 2 is 2.10 bits per heavy atom. The molecule has 0 atom stereocenters. The molecule has 2 N–H and O–H groups in total. The monoisotopic (exact) mass is 292 g/mol. The van der Waals surface area contributed by atoms with E-state index in [0.29, 0.717) is 19.4 Å². The van der Waals surface area contributed by atoms with Crippen molar-refractivity contribution >= 4 is 11.6 Å². The molecule has 1 aromatic heterocycles. The molecule has 20 heavy (non-hydrogen) atoms. The molecule has 0 aliphatic heterocycles. The highest BCUT2D eigenvalue weighted by atomic mass is 19.4. The zero-order valence-corrected chi connectivity index (χ0v) is 11.6. The molecule has 0 saturated carbocycles. The van der Waals surface area contributed by atoms with Crippen molar-refractivity contribution in [3.8, 4) is 0 Å². The summed E-state index contributed by atoms with van der Waals surface area (Å²) in [6, 6.07) is 0. The predicted octanol–water partition coefficient (Wildman–Crippen LogP) is 2.29. The molecule has 0 aromatic carbocycles. The van der Waals surface area contributed by atoms with Crippen molar-refractivity contribution in [2.24, 2.45) is 0 Å². The van der Waals surface area contributed by atoms with Gasteiger partial charge in [-0.05, 0) is 13.3 Å². The van der Waals surface area contributed by atoms with Gasteiger partial charge in [0.05, 0.1) is 11.9 Å². The maximum Gasteiger partial charge on any atom is 0.406 e. The lowest BCUT2D eigenvalue weighted by Gasteiger charge is -2.24. The largest absolute Gasteiger partial charge is 0.406 e. The Balaban J connectivity index is 3.00. The minimum absolute atomic E-state index is 0.0212. The number of amides is 1. The number of carbonyl (C=O) groups is 1. The Labute approximate surface area is 115 Å². The van der Waals surface area contributed by atoms with E-state index in [4.69, 9.17) is 5.73 Å². The fourth-order valence-corrected chi connectivity index (χ4v) is 1.84. The van der Waals surface area contributed by atoms with Crippen molar-refractivity contribution in [3.63, 3.8) is 0 Å². The topological polar surface area (TPSA) is 64.2 Å². The summed E-state index contributed by atoms with van der Waals surface area (Å²) in [6.07, 6.45) is -1.95. The molecular formula is C12H19F3N4O. The van der Waals surface area contributed by atoms with Crippen molar-refractivity contribution in [1.29, 1.82) is 0 Å². The molecule has 0 bridgehead atoms. The number of unbranched alkanes of at least 4 members (excludes halogenated alkanes) is 1. The smallest absolute Gasteiger partial charge is 0.396 e. The first-order valence-electron chi connectivity index (χ1n) is 6.47. The maximum atomic E-state index is 12.6. The fraction of sp³-hybridized carbons (Fsp3) is 0.667. The number of aryl methyl sites for hydroxylation is 1. The molecule has 0 spiro atoms. The lowest BCUT2D eigenvalue weighted by atomic mass is 10.2. The SMILES string of the molecule is CCCCN(CC(F)(F)F)C(=O)c1c(N)cnn1CC. The van der Waals surface area contributed by atoms with Crippen LogP contribution in [0.3, 0.4) is 0 Å². The third-order valence-corrected chi connectivity index (χ3v) is 2.81. The first kappa shape index (κ1) is 16.3. The first-order chi connectivity index (χ1) is 9.30. The van der Waals surface area contributed by atoms with Crippen molar-refractivity contribution in [2.75, 3.05) is 18.8 Å². The third kappa shape index (κ3) is 4.14. The van der Waals surface area contributed by atoms with E-state index in [1.807, 2.05) is 6.92 Å². The highest BCUT2D eigenvalue weighted by Crippen LogP contribution is 2.20. The van der Waals surface area contributed by atoms with Crippen LogP contribution in [-0.2, 0) is 6.54 Å². The van der Waals surface area contributed by atoms with Gasteiger partial charge in [0.25, 0.3) is 5.91 Å².